The second-order valence-corrected chi connectivity index (χ2v) is 9.20. The predicted molar refractivity (Wildman–Crippen MR) is 154 cm³/mol. The quantitative estimate of drug-likeness (QED) is 0.211. The van der Waals surface area contributed by atoms with Crippen molar-refractivity contribution in [1.29, 1.82) is 0 Å². The van der Waals surface area contributed by atoms with E-state index >= 15 is 0 Å². The van der Waals surface area contributed by atoms with Gasteiger partial charge in [0.2, 0.25) is 5.95 Å². The summed E-state index contributed by atoms with van der Waals surface area (Å²) >= 11 is 0. The summed E-state index contributed by atoms with van der Waals surface area (Å²) in [7, 11) is 2.82. The molecule has 3 aromatic heterocycles. The molecule has 0 aliphatic carbocycles. The number of aromatic hydroxyl groups is 1. The molecule has 0 saturated heterocycles. The summed E-state index contributed by atoms with van der Waals surface area (Å²) in [6.45, 7) is 7.56. The van der Waals surface area contributed by atoms with Gasteiger partial charge in [0.25, 0.3) is 17.2 Å². The molecule has 0 bridgehead atoms. The van der Waals surface area contributed by atoms with E-state index in [0.29, 0.717) is 16.5 Å². The number of carbonyl (C=O) groups excluding carboxylic acids is 1. The first kappa shape index (κ1) is 25.9. The number of aromatic amines is 1. The highest BCUT2D eigenvalue weighted by Gasteiger charge is 2.22. The predicted octanol–water partition coefficient (Wildman–Crippen LogP) is 4.22. The van der Waals surface area contributed by atoms with E-state index in [9.17, 15) is 19.5 Å². The van der Waals surface area contributed by atoms with Crippen LogP contribution in [0, 0.1) is 6.57 Å². The molecule has 206 valence electrons. The minimum Gasteiger partial charge on any atom is -0.505 e. The zero-order valence-electron chi connectivity index (χ0n) is 22.1. The lowest BCUT2D eigenvalue weighted by molar-refractivity contribution is 0.102. The average molecular weight is 561 g/mol. The molecule has 3 aromatic carbocycles. The minimum absolute atomic E-state index is 0.00106. The van der Waals surface area contributed by atoms with Crippen LogP contribution in [0.1, 0.15) is 10.4 Å². The van der Waals surface area contributed by atoms with Crippen molar-refractivity contribution in [2.24, 2.45) is 24.3 Å². The standard InChI is InChI=1S/C28H20N10O4/c1-29-19-14-30-38(27-32-21-24(33-27)36(2)28(42)37(3)26(21)41)23(19)35-34-18-13-15-9-7-8-12-17(15)20(22(18)39)25(40)31-16-10-5-4-6-11-16/h4-14,39H,2-3H3,(H,31,40)(H,32,33)/b35-34+. The van der Waals surface area contributed by atoms with Crippen LogP contribution in [-0.4, -0.2) is 39.9 Å². The van der Waals surface area contributed by atoms with E-state index in [2.05, 4.69) is 35.5 Å². The number of nitrogens with zero attached hydrogens (tertiary/aromatic N) is 8. The third-order valence-corrected chi connectivity index (χ3v) is 6.65. The summed E-state index contributed by atoms with van der Waals surface area (Å²) in [6, 6.07) is 17.4. The Morgan fingerprint density at radius 3 is 2.55 bits per heavy atom. The molecular weight excluding hydrogens is 540 g/mol. The number of imidazole rings is 1. The molecule has 0 spiro atoms. The Hall–Kier alpha value is -6.36. The molecule has 0 atom stereocenters. The number of phenols is 1. The van der Waals surface area contributed by atoms with E-state index in [1.165, 1.54) is 24.9 Å². The van der Waals surface area contributed by atoms with E-state index < -0.39 is 22.9 Å². The molecule has 6 aromatic rings. The third kappa shape index (κ3) is 4.18. The van der Waals surface area contributed by atoms with Crippen LogP contribution in [0.15, 0.2) is 86.7 Å². The van der Waals surface area contributed by atoms with Crippen molar-refractivity contribution in [1.82, 2.24) is 28.9 Å². The largest absolute Gasteiger partial charge is 0.505 e. The van der Waals surface area contributed by atoms with E-state index in [-0.39, 0.29) is 39.9 Å². The zero-order valence-corrected chi connectivity index (χ0v) is 22.1. The lowest BCUT2D eigenvalue weighted by atomic mass is 10.0. The number of nitrogens with one attached hydrogen (secondary N) is 2. The number of aromatic nitrogens is 6. The van der Waals surface area contributed by atoms with Crippen molar-refractivity contribution >= 4 is 50.7 Å². The molecule has 1 amide bonds. The van der Waals surface area contributed by atoms with Crippen molar-refractivity contribution < 1.29 is 9.90 Å². The molecule has 0 aliphatic heterocycles. The van der Waals surface area contributed by atoms with Crippen LogP contribution in [0.2, 0.25) is 0 Å². The summed E-state index contributed by atoms with van der Waals surface area (Å²) in [5, 5.41) is 27.7. The monoisotopic (exact) mass is 560 g/mol. The molecule has 14 heteroatoms. The second kappa shape index (κ2) is 9.99. The Kier molecular flexibility index (Phi) is 6.16. The molecule has 0 radical (unpaired) electrons. The lowest BCUT2D eigenvalue weighted by Gasteiger charge is -2.12. The van der Waals surface area contributed by atoms with Gasteiger partial charge in [-0.3, -0.25) is 18.7 Å². The Morgan fingerprint density at radius 1 is 1.05 bits per heavy atom. The van der Waals surface area contributed by atoms with Crippen LogP contribution in [0.3, 0.4) is 0 Å². The zero-order chi connectivity index (χ0) is 29.5. The first-order valence-electron chi connectivity index (χ1n) is 12.4. The molecule has 0 saturated carbocycles. The number of anilines is 1. The van der Waals surface area contributed by atoms with Gasteiger partial charge in [0.05, 0.1) is 18.3 Å². The normalized spacial score (nSPS) is 11.4. The maximum absolute atomic E-state index is 13.3. The molecule has 14 nitrogen and oxygen atoms in total. The lowest BCUT2D eigenvalue weighted by Crippen LogP contribution is -2.36. The SMILES string of the molecule is [C-]#[N+]c1cnn(-c2nc3c(=O)n(C)c(=O)n(C)c3[nH]2)c1/N=N/c1cc2ccccc2c(C(=O)Nc2ccccc2)c1O. The van der Waals surface area contributed by atoms with Gasteiger partial charge in [-0.2, -0.15) is 9.78 Å². The topological polar surface area (TPSA) is 169 Å². The van der Waals surface area contributed by atoms with Gasteiger partial charge < -0.3 is 15.4 Å². The van der Waals surface area contributed by atoms with E-state index in [0.717, 1.165) is 9.25 Å². The van der Waals surface area contributed by atoms with E-state index in [1.807, 2.05) is 6.07 Å². The molecule has 0 aliphatic rings. The number of hydrogen-bond acceptors (Lipinski definition) is 8. The van der Waals surface area contributed by atoms with Crippen molar-refractivity contribution in [2.45, 2.75) is 0 Å². The summed E-state index contributed by atoms with van der Waals surface area (Å²) in [5.41, 5.74) is -0.511. The van der Waals surface area contributed by atoms with Gasteiger partial charge in [0, 0.05) is 19.8 Å². The number of azo groups is 1. The molecule has 0 fully saturated rings. The van der Waals surface area contributed by atoms with Crippen LogP contribution in [0.4, 0.5) is 22.9 Å². The number of H-pyrrole nitrogens is 1. The molecule has 0 unspecified atom stereocenters. The maximum Gasteiger partial charge on any atom is 0.332 e. The van der Waals surface area contributed by atoms with Gasteiger partial charge in [0.1, 0.15) is 11.3 Å². The average Bonchev–Trinajstić information content (AvgIpc) is 3.63. The number of hydrogen-bond donors (Lipinski definition) is 3. The number of benzene rings is 3. The number of amides is 1. The summed E-state index contributed by atoms with van der Waals surface area (Å²) in [5.74, 6) is -1.01. The molecule has 3 N–H and O–H groups in total. The summed E-state index contributed by atoms with van der Waals surface area (Å²) in [4.78, 5) is 48.9. The van der Waals surface area contributed by atoms with Crippen LogP contribution in [-0.2, 0) is 14.1 Å². The summed E-state index contributed by atoms with van der Waals surface area (Å²) < 4.78 is 3.31. The smallest absolute Gasteiger partial charge is 0.332 e. The van der Waals surface area contributed by atoms with Crippen molar-refractivity contribution in [3.63, 3.8) is 0 Å². The van der Waals surface area contributed by atoms with Gasteiger partial charge in [-0.15, -0.1) is 10.2 Å². The first-order chi connectivity index (χ1) is 20.3. The van der Waals surface area contributed by atoms with Gasteiger partial charge in [-0.25, -0.2) is 14.6 Å². The highest BCUT2D eigenvalue weighted by molar-refractivity contribution is 6.16. The van der Waals surface area contributed by atoms with Crippen molar-refractivity contribution in [3.8, 4) is 11.7 Å². The van der Waals surface area contributed by atoms with Gasteiger partial charge in [-0.05, 0) is 29.0 Å². The maximum atomic E-state index is 13.3. The highest BCUT2D eigenvalue weighted by atomic mass is 16.3. The number of carbonyl (C=O) groups is 1. The van der Waals surface area contributed by atoms with Crippen molar-refractivity contribution in [2.75, 3.05) is 5.32 Å². The number of phenolic OH excluding ortho intramolecular Hbond substituents is 1. The van der Waals surface area contributed by atoms with E-state index in [4.69, 9.17) is 6.57 Å². The fourth-order valence-corrected chi connectivity index (χ4v) is 4.52. The molecule has 6 rings (SSSR count). The number of aryl methyl sites for hydroxylation is 1. The number of rotatable bonds is 5. The van der Waals surface area contributed by atoms with Crippen molar-refractivity contribution in [3.05, 3.63) is 105 Å². The minimum atomic E-state index is -0.612. The van der Waals surface area contributed by atoms with E-state index in [1.54, 1.807) is 54.6 Å². The number of fused-ring (bicyclic) bond motifs is 2. The van der Waals surface area contributed by atoms with Crippen LogP contribution in [0.5, 0.6) is 5.75 Å². The Bertz CT molecular complexity index is 2230. The fraction of sp³-hybridized carbons (Fsp3) is 0.0714. The van der Waals surface area contributed by atoms with Gasteiger partial charge in [-0.1, -0.05) is 42.5 Å². The Labute approximate surface area is 235 Å². The molecule has 3 heterocycles. The van der Waals surface area contributed by atoms with Gasteiger partial charge in [0.15, 0.2) is 17.1 Å². The first-order valence-corrected chi connectivity index (χ1v) is 12.4. The second-order valence-electron chi connectivity index (χ2n) is 9.20. The fourth-order valence-electron chi connectivity index (χ4n) is 4.52. The molecular formula is C28H20N10O4. The third-order valence-electron chi connectivity index (χ3n) is 6.65. The molecule has 42 heavy (non-hydrogen) atoms. The Balaban J connectivity index is 1.47. The van der Waals surface area contributed by atoms with Crippen LogP contribution < -0.4 is 16.6 Å². The summed E-state index contributed by atoms with van der Waals surface area (Å²) in [6.07, 6.45) is 1.24. The number of para-hydroxylation sites is 1. The van der Waals surface area contributed by atoms with Crippen LogP contribution >= 0.6 is 0 Å². The van der Waals surface area contributed by atoms with Crippen LogP contribution in [0.25, 0.3) is 32.7 Å². The Morgan fingerprint density at radius 2 is 1.79 bits per heavy atom. The highest BCUT2D eigenvalue weighted by Crippen LogP contribution is 2.39. The van der Waals surface area contributed by atoms with Gasteiger partial charge >= 0.3 is 5.69 Å².